The van der Waals surface area contributed by atoms with Crippen LogP contribution < -0.4 is 10.1 Å². The summed E-state index contributed by atoms with van der Waals surface area (Å²) in [4.78, 5) is 14.4. The Bertz CT molecular complexity index is 998. The summed E-state index contributed by atoms with van der Waals surface area (Å²) in [6.45, 7) is 3.61. The summed E-state index contributed by atoms with van der Waals surface area (Å²) in [6.07, 6.45) is 1.46. The van der Waals surface area contributed by atoms with E-state index < -0.39 is 0 Å². The van der Waals surface area contributed by atoms with Crippen molar-refractivity contribution in [3.63, 3.8) is 0 Å². The lowest BCUT2D eigenvalue weighted by molar-refractivity contribution is 0.190. The minimum atomic E-state index is -0.312. The largest absolute Gasteiger partial charge is 0.492 e. The molecule has 1 fully saturated rings. The molecule has 1 aliphatic heterocycles. The molecular weight excluding hydrogens is 387 g/mol. The van der Waals surface area contributed by atoms with Gasteiger partial charge < -0.3 is 19.4 Å². The van der Waals surface area contributed by atoms with Gasteiger partial charge in [0, 0.05) is 24.6 Å². The lowest BCUT2D eigenvalue weighted by atomic mass is 9.97. The molecule has 0 unspecified atom stereocenters. The normalized spacial score (nSPS) is 14.5. The predicted molar refractivity (Wildman–Crippen MR) is 110 cm³/mol. The van der Waals surface area contributed by atoms with Gasteiger partial charge in [0.2, 0.25) is 11.8 Å². The number of nitrogens with zero attached hydrogens (tertiary/aromatic N) is 3. The van der Waals surface area contributed by atoms with E-state index >= 15 is 0 Å². The van der Waals surface area contributed by atoms with Gasteiger partial charge >= 0.3 is 6.03 Å². The first-order valence-corrected chi connectivity index (χ1v) is 10.0. The second kappa shape index (κ2) is 8.94. The smallest absolute Gasteiger partial charge is 0.321 e. The summed E-state index contributed by atoms with van der Waals surface area (Å²) in [7, 11) is 0. The SMILES string of the molecule is CCOc1ccccc1NC(=O)N1CCC(c2nnc(-c3ccc(F)cc3)o2)CC1. The molecule has 2 aromatic carbocycles. The molecule has 2 amide bonds. The van der Waals surface area contributed by atoms with Gasteiger partial charge in [-0.25, -0.2) is 9.18 Å². The molecule has 1 N–H and O–H groups in total. The first kappa shape index (κ1) is 19.9. The number of benzene rings is 2. The number of anilines is 1. The standard InChI is InChI=1S/C22H23FN4O3/c1-2-29-19-6-4-3-5-18(19)24-22(28)27-13-11-16(12-14-27)21-26-25-20(30-21)15-7-9-17(23)10-8-15/h3-10,16H,2,11-14H2,1H3,(H,24,28). The third-order valence-electron chi connectivity index (χ3n) is 5.09. The van der Waals surface area contributed by atoms with E-state index in [-0.39, 0.29) is 17.8 Å². The van der Waals surface area contributed by atoms with Crippen molar-refractivity contribution in [3.8, 4) is 17.2 Å². The predicted octanol–water partition coefficient (Wildman–Crippen LogP) is 4.69. The number of piperidine rings is 1. The highest BCUT2D eigenvalue weighted by Gasteiger charge is 2.28. The van der Waals surface area contributed by atoms with E-state index in [0.29, 0.717) is 48.5 Å². The van der Waals surface area contributed by atoms with E-state index in [2.05, 4.69) is 15.5 Å². The Morgan fingerprint density at radius 3 is 2.63 bits per heavy atom. The molecule has 30 heavy (non-hydrogen) atoms. The number of carbonyl (C=O) groups excluding carboxylic acids is 1. The maximum atomic E-state index is 13.1. The fourth-order valence-corrected chi connectivity index (χ4v) is 3.48. The van der Waals surface area contributed by atoms with Gasteiger partial charge in [-0.3, -0.25) is 0 Å². The van der Waals surface area contributed by atoms with Gasteiger partial charge in [-0.05, 0) is 56.2 Å². The van der Waals surface area contributed by atoms with E-state index in [4.69, 9.17) is 9.15 Å². The molecule has 0 atom stereocenters. The summed E-state index contributed by atoms with van der Waals surface area (Å²) in [6, 6.07) is 13.2. The van der Waals surface area contributed by atoms with E-state index in [0.717, 1.165) is 12.8 Å². The summed E-state index contributed by atoms with van der Waals surface area (Å²) >= 11 is 0. The number of ether oxygens (including phenoxy) is 1. The molecule has 0 spiro atoms. The van der Waals surface area contributed by atoms with Crippen molar-refractivity contribution in [1.82, 2.24) is 15.1 Å². The number of likely N-dealkylation sites (tertiary alicyclic amines) is 1. The summed E-state index contributed by atoms with van der Waals surface area (Å²) < 4.78 is 24.5. The van der Waals surface area contributed by atoms with Gasteiger partial charge in [0.1, 0.15) is 11.6 Å². The molecule has 8 heteroatoms. The minimum absolute atomic E-state index is 0.0893. The molecule has 7 nitrogen and oxygen atoms in total. The minimum Gasteiger partial charge on any atom is -0.492 e. The average molecular weight is 410 g/mol. The lowest BCUT2D eigenvalue weighted by Gasteiger charge is -2.30. The number of hydrogen-bond donors (Lipinski definition) is 1. The molecule has 1 saturated heterocycles. The Hall–Kier alpha value is -3.42. The van der Waals surface area contributed by atoms with Crippen LogP contribution in [0.25, 0.3) is 11.5 Å². The number of hydrogen-bond acceptors (Lipinski definition) is 5. The zero-order chi connectivity index (χ0) is 20.9. The Morgan fingerprint density at radius 2 is 1.90 bits per heavy atom. The average Bonchev–Trinajstić information content (AvgIpc) is 3.26. The summed E-state index contributed by atoms with van der Waals surface area (Å²) in [5, 5.41) is 11.2. The lowest BCUT2D eigenvalue weighted by Crippen LogP contribution is -2.40. The first-order valence-electron chi connectivity index (χ1n) is 10.0. The van der Waals surface area contributed by atoms with Gasteiger partial charge in [-0.15, -0.1) is 10.2 Å². The fraction of sp³-hybridized carbons (Fsp3) is 0.318. The first-order chi connectivity index (χ1) is 14.6. The van der Waals surface area contributed by atoms with Crippen molar-refractivity contribution in [3.05, 3.63) is 60.2 Å². The van der Waals surface area contributed by atoms with Crippen LogP contribution in [0.3, 0.4) is 0 Å². The summed E-state index contributed by atoms with van der Waals surface area (Å²) in [5.41, 5.74) is 1.34. The third-order valence-corrected chi connectivity index (χ3v) is 5.09. The molecule has 0 aliphatic carbocycles. The highest BCUT2D eigenvalue weighted by molar-refractivity contribution is 5.91. The zero-order valence-corrected chi connectivity index (χ0v) is 16.7. The highest BCUT2D eigenvalue weighted by atomic mass is 19.1. The fourth-order valence-electron chi connectivity index (χ4n) is 3.48. The maximum Gasteiger partial charge on any atom is 0.321 e. The van der Waals surface area contributed by atoms with E-state index in [9.17, 15) is 9.18 Å². The quantitative estimate of drug-likeness (QED) is 0.660. The number of para-hydroxylation sites is 2. The van der Waals surface area contributed by atoms with Gasteiger partial charge in [0.25, 0.3) is 0 Å². The van der Waals surface area contributed by atoms with Crippen LogP contribution in [0.4, 0.5) is 14.9 Å². The van der Waals surface area contributed by atoms with Crippen LogP contribution in [-0.4, -0.2) is 40.8 Å². The van der Waals surface area contributed by atoms with Crippen LogP contribution in [0.1, 0.15) is 31.6 Å². The van der Waals surface area contributed by atoms with Gasteiger partial charge in [0.15, 0.2) is 0 Å². The van der Waals surface area contributed by atoms with Crippen molar-refractivity contribution >= 4 is 11.7 Å². The number of halogens is 1. The van der Waals surface area contributed by atoms with Crippen LogP contribution >= 0.6 is 0 Å². The summed E-state index contributed by atoms with van der Waals surface area (Å²) in [5.74, 6) is 1.36. The number of rotatable bonds is 5. The Labute approximate surface area is 173 Å². The molecule has 0 radical (unpaired) electrons. The van der Waals surface area contributed by atoms with E-state index in [1.54, 1.807) is 17.0 Å². The van der Waals surface area contributed by atoms with Crippen molar-refractivity contribution in [2.45, 2.75) is 25.7 Å². The van der Waals surface area contributed by atoms with E-state index in [1.807, 2.05) is 31.2 Å². The van der Waals surface area contributed by atoms with Crippen LogP contribution in [0.5, 0.6) is 5.75 Å². The molecular formula is C22H23FN4O3. The number of aromatic nitrogens is 2. The number of urea groups is 1. The molecule has 1 aliphatic rings. The van der Waals surface area contributed by atoms with Crippen LogP contribution in [0, 0.1) is 5.82 Å². The third kappa shape index (κ3) is 4.42. The number of amides is 2. The zero-order valence-electron chi connectivity index (χ0n) is 16.7. The van der Waals surface area contributed by atoms with Crippen LogP contribution in [0.2, 0.25) is 0 Å². The molecule has 3 aromatic rings. The van der Waals surface area contributed by atoms with Crippen LogP contribution in [0.15, 0.2) is 52.9 Å². The topological polar surface area (TPSA) is 80.5 Å². The van der Waals surface area contributed by atoms with E-state index in [1.165, 1.54) is 12.1 Å². The van der Waals surface area contributed by atoms with Gasteiger partial charge in [-0.2, -0.15) is 0 Å². The Morgan fingerprint density at radius 1 is 1.17 bits per heavy atom. The monoisotopic (exact) mass is 410 g/mol. The Balaban J connectivity index is 1.35. The second-order valence-electron chi connectivity index (χ2n) is 7.07. The van der Waals surface area contributed by atoms with Gasteiger partial charge in [-0.1, -0.05) is 12.1 Å². The van der Waals surface area contributed by atoms with Crippen molar-refractivity contribution in [2.24, 2.45) is 0 Å². The van der Waals surface area contributed by atoms with Crippen molar-refractivity contribution in [2.75, 3.05) is 25.0 Å². The molecule has 1 aromatic heterocycles. The highest BCUT2D eigenvalue weighted by Crippen LogP contribution is 2.30. The molecule has 2 heterocycles. The van der Waals surface area contributed by atoms with Crippen LogP contribution in [-0.2, 0) is 0 Å². The molecule has 4 rings (SSSR count). The second-order valence-corrected chi connectivity index (χ2v) is 7.07. The molecule has 0 bridgehead atoms. The Kier molecular flexibility index (Phi) is 5.92. The number of nitrogens with one attached hydrogen (secondary N) is 1. The van der Waals surface area contributed by atoms with Gasteiger partial charge in [0.05, 0.1) is 12.3 Å². The molecule has 0 saturated carbocycles. The number of carbonyl (C=O) groups is 1. The molecule has 156 valence electrons. The van der Waals surface area contributed by atoms with Crippen molar-refractivity contribution in [1.29, 1.82) is 0 Å². The van der Waals surface area contributed by atoms with Crippen molar-refractivity contribution < 1.29 is 18.3 Å². The maximum absolute atomic E-state index is 13.1.